The third kappa shape index (κ3) is 6.63. The summed E-state index contributed by atoms with van der Waals surface area (Å²) in [6, 6.07) is 7.82. The molecule has 1 amide bonds. The topological polar surface area (TPSA) is 55.1 Å². The number of carbonyl (C=O) groups excluding carboxylic acids is 1. The lowest BCUT2D eigenvalue weighted by Gasteiger charge is -2.05. The van der Waals surface area contributed by atoms with Crippen LogP contribution < -0.4 is 11.1 Å². The van der Waals surface area contributed by atoms with E-state index in [1.807, 2.05) is 24.3 Å². The molecule has 1 aromatic carbocycles. The lowest BCUT2D eigenvalue weighted by atomic mass is 10.1. The van der Waals surface area contributed by atoms with Crippen molar-refractivity contribution in [2.24, 2.45) is 5.73 Å². The van der Waals surface area contributed by atoms with Gasteiger partial charge < -0.3 is 11.1 Å². The van der Waals surface area contributed by atoms with Crippen LogP contribution in [0.3, 0.4) is 0 Å². The van der Waals surface area contributed by atoms with Crippen molar-refractivity contribution in [2.45, 2.75) is 32.1 Å². The molecular weight excluding hydrogens is 327 g/mol. The van der Waals surface area contributed by atoms with Gasteiger partial charge in [0.25, 0.3) is 0 Å². The molecule has 1 rings (SSSR count). The number of carbonyl (C=O) groups is 1. The fraction of sp³-hybridized carbons (Fsp3) is 0.462. The van der Waals surface area contributed by atoms with Gasteiger partial charge in [0.1, 0.15) is 0 Å². The molecule has 0 heterocycles. The van der Waals surface area contributed by atoms with E-state index in [0.717, 1.165) is 41.5 Å². The number of anilines is 1. The molecule has 0 fully saturated rings. The minimum Gasteiger partial charge on any atom is -0.330 e. The van der Waals surface area contributed by atoms with Crippen LogP contribution in [-0.4, -0.2) is 12.5 Å². The Balaban J connectivity index is 2.21. The molecule has 4 heteroatoms. The molecule has 0 radical (unpaired) electrons. The van der Waals surface area contributed by atoms with E-state index in [1.165, 1.54) is 0 Å². The number of nitrogens with one attached hydrogen (secondary N) is 1. The lowest BCUT2D eigenvalue weighted by Crippen LogP contribution is -2.11. The van der Waals surface area contributed by atoms with E-state index >= 15 is 0 Å². The molecule has 0 saturated heterocycles. The van der Waals surface area contributed by atoms with E-state index in [9.17, 15) is 4.79 Å². The van der Waals surface area contributed by atoms with Gasteiger partial charge in [0, 0.05) is 15.7 Å². The summed E-state index contributed by atoms with van der Waals surface area (Å²) in [7, 11) is 0. The number of hydrogen-bond donors (Lipinski definition) is 2. The molecule has 94 valence electrons. The van der Waals surface area contributed by atoms with Gasteiger partial charge in [-0.15, -0.1) is 0 Å². The van der Waals surface area contributed by atoms with Gasteiger partial charge in [0.05, 0.1) is 0 Å². The maximum Gasteiger partial charge on any atom is 0.224 e. The first-order chi connectivity index (χ1) is 8.22. The van der Waals surface area contributed by atoms with Crippen LogP contribution in [0.1, 0.15) is 32.1 Å². The van der Waals surface area contributed by atoms with Gasteiger partial charge in [-0.05, 0) is 60.2 Å². The molecule has 3 nitrogen and oxygen atoms in total. The number of halogens is 1. The summed E-state index contributed by atoms with van der Waals surface area (Å²) in [6.45, 7) is 0.745. The standard InChI is InChI=1S/C13H19IN2O/c14-11-6-5-7-12(10-11)16-13(17)8-3-1-2-4-9-15/h5-7,10H,1-4,8-9,15H2,(H,16,17). The Kier molecular flexibility index (Phi) is 7.19. The summed E-state index contributed by atoms with van der Waals surface area (Å²) >= 11 is 2.23. The number of hydrogen-bond acceptors (Lipinski definition) is 2. The Morgan fingerprint density at radius 1 is 1.24 bits per heavy atom. The van der Waals surface area contributed by atoms with Crippen molar-refractivity contribution in [3.63, 3.8) is 0 Å². The van der Waals surface area contributed by atoms with Crippen LogP contribution >= 0.6 is 22.6 Å². The third-order valence-corrected chi connectivity index (χ3v) is 3.14. The van der Waals surface area contributed by atoms with Crippen molar-refractivity contribution in [3.05, 3.63) is 27.8 Å². The second-order valence-corrected chi connectivity index (χ2v) is 5.26. The quantitative estimate of drug-likeness (QED) is 0.589. The highest BCUT2D eigenvalue weighted by molar-refractivity contribution is 14.1. The van der Waals surface area contributed by atoms with Crippen LogP contribution in [-0.2, 0) is 4.79 Å². The monoisotopic (exact) mass is 346 g/mol. The Bertz CT molecular complexity index is 355. The van der Waals surface area contributed by atoms with Crippen molar-refractivity contribution >= 4 is 34.2 Å². The normalized spacial score (nSPS) is 10.2. The van der Waals surface area contributed by atoms with E-state index < -0.39 is 0 Å². The number of amides is 1. The SMILES string of the molecule is NCCCCCCC(=O)Nc1cccc(I)c1. The minimum absolute atomic E-state index is 0.0970. The molecule has 3 N–H and O–H groups in total. The number of nitrogens with two attached hydrogens (primary N) is 1. The van der Waals surface area contributed by atoms with Gasteiger partial charge in [0.15, 0.2) is 0 Å². The molecule has 0 aromatic heterocycles. The van der Waals surface area contributed by atoms with Gasteiger partial charge in [0.2, 0.25) is 5.91 Å². The number of unbranched alkanes of at least 4 members (excludes halogenated alkanes) is 3. The highest BCUT2D eigenvalue weighted by atomic mass is 127. The molecule has 0 unspecified atom stereocenters. The average molecular weight is 346 g/mol. The van der Waals surface area contributed by atoms with Crippen LogP contribution in [0.15, 0.2) is 24.3 Å². The molecule has 0 atom stereocenters. The zero-order valence-corrected chi connectivity index (χ0v) is 12.1. The Hall–Kier alpha value is -0.620. The summed E-state index contributed by atoms with van der Waals surface area (Å²) in [5, 5.41) is 2.91. The van der Waals surface area contributed by atoms with E-state index in [4.69, 9.17) is 5.73 Å². The fourth-order valence-electron chi connectivity index (χ4n) is 1.57. The summed E-state index contributed by atoms with van der Waals surface area (Å²) in [5.41, 5.74) is 6.29. The Morgan fingerprint density at radius 2 is 2.00 bits per heavy atom. The van der Waals surface area contributed by atoms with Gasteiger partial charge >= 0.3 is 0 Å². The molecule has 1 aromatic rings. The van der Waals surface area contributed by atoms with Crippen LogP contribution in [0.5, 0.6) is 0 Å². The van der Waals surface area contributed by atoms with Crippen LogP contribution in [0.25, 0.3) is 0 Å². The van der Waals surface area contributed by atoms with Gasteiger partial charge in [-0.25, -0.2) is 0 Å². The second kappa shape index (κ2) is 8.47. The van der Waals surface area contributed by atoms with Gasteiger partial charge in [-0.3, -0.25) is 4.79 Å². The number of rotatable bonds is 7. The molecule has 0 aliphatic rings. The zero-order valence-electron chi connectivity index (χ0n) is 9.92. The van der Waals surface area contributed by atoms with E-state index in [2.05, 4.69) is 27.9 Å². The van der Waals surface area contributed by atoms with Crippen molar-refractivity contribution < 1.29 is 4.79 Å². The molecule has 17 heavy (non-hydrogen) atoms. The van der Waals surface area contributed by atoms with Crippen LogP contribution in [0.4, 0.5) is 5.69 Å². The molecular formula is C13H19IN2O. The summed E-state index contributed by atoms with van der Waals surface area (Å²) in [4.78, 5) is 11.6. The lowest BCUT2D eigenvalue weighted by molar-refractivity contribution is -0.116. The van der Waals surface area contributed by atoms with Gasteiger partial charge in [-0.2, -0.15) is 0 Å². The molecule has 0 bridgehead atoms. The van der Waals surface area contributed by atoms with Crippen LogP contribution in [0, 0.1) is 3.57 Å². The highest BCUT2D eigenvalue weighted by Gasteiger charge is 2.02. The second-order valence-electron chi connectivity index (χ2n) is 4.01. The summed E-state index contributed by atoms with van der Waals surface area (Å²) in [5.74, 6) is 0.0970. The predicted molar refractivity (Wildman–Crippen MR) is 79.9 cm³/mol. The van der Waals surface area contributed by atoms with Crippen LogP contribution in [0.2, 0.25) is 0 Å². The summed E-state index contributed by atoms with van der Waals surface area (Å²) < 4.78 is 1.13. The Labute approximate surface area is 116 Å². The van der Waals surface area contributed by atoms with Gasteiger partial charge in [-0.1, -0.05) is 18.9 Å². The average Bonchev–Trinajstić information content (AvgIpc) is 2.29. The van der Waals surface area contributed by atoms with Crippen molar-refractivity contribution in [1.82, 2.24) is 0 Å². The highest BCUT2D eigenvalue weighted by Crippen LogP contribution is 2.13. The summed E-state index contributed by atoms with van der Waals surface area (Å²) in [6.07, 6.45) is 4.79. The fourth-order valence-corrected chi connectivity index (χ4v) is 2.12. The Morgan fingerprint density at radius 3 is 2.71 bits per heavy atom. The maximum absolute atomic E-state index is 11.6. The molecule has 0 aliphatic carbocycles. The van der Waals surface area contributed by atoms with Crippen molar-refractivity contribution in [1.29, 1.82) is 0 Å². The smallest absolute Gasteiger partial charge is 0.224 e. The predicted octanol–water partition coefficient (Wildman–Crippen LogP) is 3.14. The first-order valence-electron chi connectivity index (χ1n) is 5.98. The van der Waals surface area contributed by atoms with Crippen molar-refractivity contribution in [3.8, 4) is 0 Å². The zero-order chi connectivity index (χ0) is 12.5. The first-order valence-corrected chi connectivity index (χ1v) is 7.06. The third-order valence-electron chi connectivity index (χ3n) is 2.47. The number of benzene rings is 1. The van der Waals surface area contributed by atoms with E-state index in [1.54, 1.807) is 0 Å². The van der Waals surface area contributed by atoms with E-state index in [0.29, 0.717) is 6.42 Å². The maximum atomic E-state index is 11.6. The largest absolute Gasteiger partial charge is 0.330 e. The van der Waals surface area contributed by atoms with Crippen molar-refractivity contribution in [2.75, 3.05) is 11.9 Å². The molecule has 0 spiro atoms. The minimum atomic E-state index is 0.0970. The molecule has 0 aliphatic heterocycles. The molecule has 0 saturated carbocycles. The first kappa shape index (κ1) is 14.4. The van der Waals surface area contributed by atoms with E-state index in [-0.39, 0.29) is 5.91 Å².